The van der Waals surface area contributed by atoms with E-state index < -0.39 is 10.0 Å². The average Bonchev–Trinajstić information content (AvgIpc) is 2.79. The molecule has 9 heteroatoms. The third-order valence-corrected chi connectivity index (χ3v) is 5.78. The number of piperazine rings is 1. The lowest BCUT2D eigenvalue weighted by Crippen LogP contribution is -2.51. The summed E-state index contributed by atoms with van der Waals surface area (Å²) in [6, 6.07) is 0. The maximum Gasteiger partial charge on any atom is 0.248 e. The first-order valence-corrected chi connectivity index (χ1v) is 8.72. The second kappa shape index (κ2) is 6.76. The van der Waals surface area contributed by atoms with Crippen LogP contribution < -0.4 is 5.32 Å². The standard InChI is InChI=1S/C13H22N4O4S/c1-4-14-12(18)9-16-5-7-17(8-6-16)22(19,20)13-10(2)15-21-11(13)3/h4-9H2,1-3H3,(H,14,18). The molecule has 0 atom stereocenters. The van der Waals surface area contributed by atoms with Gasteiger partial charge in [-0.15, -0.1) is 0 Å². The van der Waals surface area contributed by atoms with E-state index >= 15 is 0 Å². The number of carbonyl (C=O) groups is 1. The molecule has 0 saturated carbocycles. The Balaban J connectivity index is 2.01. The van der Waals surface area contributed by atoms with Crippen LogP contribution in [0.1, 0.15) is 18.4 Å². The Labute approximate surface area is 130 Å². The van der Waals surface area contributed by atoms with Crippen molar-refractivity contribution in [3.05, 3.63) is 11.5 Å². The van der Waals surface area contributed by atoms with Gasteiger partial charge in [0, 0.05) is 32.7 Å². The van der Waals surface area contributed by atoms with Crippen molar-refractivity contribution in [3.63, 3.8) is 0 Å². The second-order valence-corrected chi connectivity index (χ2v) is 7.16. The van der Waals surface area contributed by atoms with Crippen LogP contribution in [-0.4, -0.2) is 68.0 Å². The van der Waals surface area contributed by atoms with Gasteiger partial charge in [0.1, 0.15) is 10.6 Å². The zero-order valence-electron chi connectivity index (χ0n) is 13.1. The van der Waals surface area contributed by atoms with Gasteiger partial charge in [0.25, 0.3) is 0 Å². The van der Waals surface area contributed by atoms with E-state index in [-0.39, 0.29) is 10.8 Å². The number of nitrogens with zero attached hydrogens (tertiary/aromatic N) is 3. The minimum absolute atomic E-state index is 0.0375. The van der Waals surface area contributed by atoms with Crippen molar-refractivity contribution in [1.29, 1.82) is 0 Å². The summed E-state index contributed by atoms with van der Waals surface area (Å²) >= 11 is 0. The van der Waals surface area contributed by atoms with Crippen LogP contribution in [0.15, 0.2) is 9.42 Å². The van der Waals surface area contributed by atoms with E-state index in [1.165, 1.54) is 4.31 Å². The molecule has 22 heavy (non-hydrogen) atoms. The van der Waals surface area contributed by atoms with Crippen LogP contribution in [0.5, 0.6) is 0 Å². The summed E-state index contributed by atoms with van der Waals surface area (Å²) in [5, 5.41) is 6.45. The van der Waals surface area contributed by atoms with Gasteiger partial charge in [-0.05, 0) is 20.8 Å². The molecule has 1 amide bonds. The van der Waals surface area contributed by atoms with Gasteiger partial charge in [0.05, 0.1) is 6.54 Å². The van der Waals surface area contributed by atoms with Gasteiger partial charge >= 0.3 is 0 Å². The van der Waals surface area contributed by atoms with Gasteiger partial charge in [0.15, 0.2) is 5.76 Å². The molecule has 8 nitrogen and oxygen atoms in total. The van der Waals surface area contributed by atoms with Crippen molar-refractivity contribution in [3.8, 4) is 0 Å². The number of nitrogens with one attached hydrogen (secondary N) is 1. The van der Waals surface area contributed by atoms with Crippen LogP contribution >= 0.6 is 0 Å². The number of likely N-dealkylation sites (N-methyl/N-ethyl adjacent to an activating group) is 1. The number of sulfonamides is 1. The Kier molecular flexibility index (Phi) is 5.20. The van der Waals surface area contributed by atoms with Gasteiger partial charge in [-0.25, -0.2) is 8.42 Å². The largest absolute Gasteiger partial charge is 0.360 e. The van der Waals surface area contributed by atoms with Crippen molar-refractivity contribution in [2.75, 3.05) is 39.3 Å². The molecule has 1 fully saturated rings. The van der Waals surface area contributed by atoms with Gasteiger partial charge in [-0.2, -0.15) is 4.31 Å². The Hall–Kier alpha value is -1.45. The highest BCUT2D eigenvalue weighted by Crippen LogP contribution is 2.24. The van der Waals surface area contributed by atoms with Crippen LogP contribution in [0.25, 0.3) is 0 Å². The maximum absolute atomic E-state index is 12.6. The Morgan fingerprint density at radius 1 is 1.27 bits per heavy atom. The van der Waals surface area contributed by atoms with Crippen molar-refractivity contribution in [2.45, 2.75) is 25.7 Å². The fraction of sp³-hybridized carbons (Fsp3) is 0.692. The molecular weight excluding hydrogens is 308 g/mol. The summed E-state index contributed by atoms with van der Waals surface area (Å²) in [6.45, 7) is 7.74. The highest BCUT2D eigenvalue weighted by Gasteiger charge is 2.33. The molecule has 0 unspecified atom stereocenters. The molecule has 0 spiro atoms. The summed E-state index contributed by atoms with van der Waals surface area (Å²) in [6.07, 6.45) is 0. The molecule has 0 radical (unpaired) electrons. The zero-order valence-corrected chi connectivity index (χ0v) is 13.9. The Bertz CT molecular complexity index is 613. The normalized spacial score (nSPS) is 17.6. The molecule has 124 valence electrons. The van der Waals surface area contributed by atoms with Gasteiger partial charge in [-0.1, -0.05) is 5.16 Å². The minimum Gasteiger partial charge on any atom is -0.360 e. The number of aromatic nitrogens is 1. The highest BCUT2D eigenvalue weighted by molar-refractivity contribution is 7.89. The predicted molar refractivity (Wildman–Crippen MR) is 79.9 cm³/mol. The third kappa shape index (κ3) is 3.47. The quantitative estimate of drug-likeness (QED) is 0.799. The molecule has 1 aliphatic heterocycles. The molecule has 1 aromatic heterocycles. The summed E-state index contributed by atoms with van der Waals surface area (Å²) in [4.78, 5) is 13.7. The zero-order chi connectivity index (χ0) is 16.3. The van der Waals surface area contributed by atoms with Crippen LogP contribution in [0.3, 0.4) is 0 Å². The average molecular weight is 330 g/mol. The molecule has 1 aromatic rings. The van der Waals surface area contributed by atoms with Crippen molar-refractivity contribution < 1.29 is 17.7 Å². The summed E-state index contributed by atoms with van der Waals surface area (Å²) in [5.74, 6) is 0.270. The van der Waals surface area contributed by atoms with Crippen LogP contribution in [0.4, 0.5) is 0 Å². The monoisotopic (exact) mass is 330 g/mol. The molecule has 0 bridgehead atoms. The van der Waals surface area contributed by atoms with E-state index in [2.05, 4.69) is 10.5 Å². The first-order chi connectivity index (χ1) is 10.4. The fourth-order valence-electron chi connectivity index (χ4n) is 2.56. The maximum atomic E-state index is 12.6. The van der Waals surface area contributed by atoms with E-state index in [1.54, 1.807) is 13.8 Å². The van der Waals surface area contributed by atoms with Gasteiger partial charge < -0.3 is 9.84 Å². The first-order valence-electron chi connectivity index (χ1n) is 7.28. The highest BCUT2D eigenvalue weighted by atomic mass is 32.2. The first kappa shape index (κ1) is 16.9. The topological polar surface area (TPSA) is 95.8 Å². The summed E-state index contributed by atoms with van der Waals surface area (Å²) in [7, 11) is -3.59. The lowest BCUT2D eigenvalue weighted by molar-refractivity contribution is -0.122. The lowest BCUT2D eigenvalue weighted by atomic mass is 10.3. The Morgan fingerprint density at radius 3 is 2.41 bits per heavy atom. The van der Waals surface area contributed by atoms with E-state index in [0.29, 0.717) is 50.7 Å². The molecule has 0 aromatic carbocycles. The molecule has 1 saturated heterocycles. The third-order valence-electron chi connectivity index (χ3n) is 3.64. The molecule has 0 aliphatic carbocycles. The van der Waals surface area contributed by atoms with Gasteiger partial charge in [-0.3, -0.25) is 9.69 Å². The van der Waals surface area contributed by atoms with Crippen LogP contribution in [0.2, 0.25) is 0 Å². The molecule has 1 N–H and O–H groups in total. The molecule has 1 aliphatic rings. The lowest BCUT2D eigenvalue weighted by Gasteiger charge is -2.33. The predicted octanol–water partition coefficient (Wildman–Crippen LogP) is -0.266. The SMILES string of the molecule is CCNC(=O)CN1CCN(S(=O)(=O)c2c(C)noc2C)CC1. The summed E-state index contributed by atoms with van der Waals surface area (Å²) in [5.41, 5.74) is 0.377. The fourth-order valence-corrected chi connectivity index (χ4v) is 4.27. The number of hydrogen-bond donors (Lipinski definition) is 1. The second-order valence-electron chi connectivity index (χ2n) is 5.29. The van der Waals surface area contributed by atoms with E-state index in [1.807, 2.05) is 11.8 Å². The number of rotatable bonds is 5. The minimum atomic E-state index is -3.59. The van der Waals surface area contributed by atoms with Crippen LogP contribution in [-0.2, 0) is 14.8 Å². The molecular formula is C13H22N4O4S. The number of amides is 1. The molecule has 2 heterocycles. The number of carbonyl (C=O) groups excluding carboxylic acids is 1. The van der Waals surface area contributed by atoms with Crippen molar-refractivity contribution in [1.82, 2.24) is 19.7 Å². The Morgan fingerprint density at radius 2 is 1.91 bits per heavy atom. The molecule has 2 rings (SSSR count). The number of aryl methyl sites for hydroxylation is 2. The van der Waals surface area contributed by atoms with E-state index in [4.69, 9.17) is 4.52 Å². The van der Waals surface area contributed by atoms with Crippen molar-refractivity contribution in [2.24, 2.45) is 0 Å². The van der Waals surface area contributed by atoms with Gasteiger partial charge in [0.2, 0.25) is 15.9 Å². The van der Waals surface area contributed by atoms with E-state index in [0.717, 1.165) is 0 Å². The summed E-state index contributed by atoms with van der Waals surface area (Å²) < 4.78 is 31.7. The smallest absolute Gasteiger partial charge is 0.248 e. The van der Waals surface area contributed by atoms with E-state index in [9.17, 15) is 13.2 Å². The number of hydrogen-bond acceptors (Lipinski definition) is 6. The van der Waals surface area contributed by atoms with Crippen LogP contribution in [0, 0.1) is 13.8 Å². The van der Waals surface area contributed by atoms with Crippen molar-refractivity contribution >= 4 is 15.9 Å².